The smallest absolute Gasteiger partial charge is 0.121 e. The molecule has 0 fully saturated rings. The summed E-state index contributed by atoms with van der Waals surface area (Å²) in [6, 6.07) is 4.03. The van der Waals surface area contributed by atoms with Gasteiger partial charge in [-0.15, -0.1) is 11.3 Å². The van der Waals surface area contributed by atoms with Crippen molar-refractivity contribution in [3.8, 4) is 10.6 Å². The molecule has 2 heterocycles. The molecule has 0 radical (unpaired) electrons. The van der Waals surface area contributed by atoms with Gasteiger partial charge in [-0.1, -0.05) is 17.7 Å². The Kier molecular flexibility index (Phi) is 2.14. The fraction of sp³-hybridized carbons (Fsp3) is 0.222. The highest BCUT2D eigenvalue weighted by molar-refractivity contribution is 7.13. The van der Waals surface area contributed by atoms with Crippen LogP contribution in [0.5, 0.6) is 0 Å². The highest BCUT2D eigenvalue weighted by Crippen LogP contribution is 2.31. The predicted octanol–water partition coefficient (Wildman–Crippen LogP) is 3.11. The Labute approximate surface area is 85.8 Å². The molecule has 0 spiro atoms. The zero-order chi connectivity index (χ0) is 9.42. The summed E-state index contributed by atoms with van der Waals surface area (Å²) in [4.78, 5) is 1.12. The zero-order valence-electron chi connectivity index (χ0n) is 7.41. The molecule has 0 aliphatic rings. The summed E-state index contributed by atoms with van der Waals surface area (Å²) in [5.74, 6) is 0. The Hall–Kier alpha value is -0.800. The molecule has 2 aromatic rings. The second kappa shape index (κ2) is 3.16. The molecule has 0 bridgehead atoms. The van der Waals surface area contributed by atoms with Crippen molar-refractivity contribution in [1.29, 1.82) is 0 Å². The van der Waals surface area contributed by atoms with E-state index >= 15 is 0 Å². The molecule has 0 N–H and O–H groups in total. The van der Waals surface area contributed by atoms with Crippen LogP contribution in [-0.2, 0) is 7.05 Å². The SMILES string of the molecule is Cc1c(Cl)c(-c2cccs2)nn1C. The summed E-state index contributed by atoms with van der Waals surface area (Å²) < 4.78 is 1.80. The van der Waals surface area contributed by atoms with Crippen LogP contribution in [0.15, 0.2) is 17.5 Å². The van der Waals surface area contributed by atoms with Crippen molar-refractivity contribution in [2.75, 3.05) is 0 Å². The Morgan fingerprint density at radius 3 is 2.77 bits per heavy atom. The zero-order valence-corrected chi connectivity index (χ0v) is 8.99. The van der Waals surface area contributed by atoms with Crippen LogP contribution in [-0.4, -0.2) is 9.78 Å². The third kappa shape index (κ3) is 1.38. The summed E-state index contributed by atoms with van der Waals surface area (Å²) in [7, 11) is 1.90. The van der Waals surface area contributed by atoms with Crippen molar-refractivity contribution in [3.63, 3.8) is 0 Å². The van der Waals surface area contributed by atoms with Crippen molar-refractivity contribution in [3.05, 3.63) is 28.2 Å². The van der Waals surface area contributed by atoms with Crippen LogP contribution in [0, 0.1) is 6.92 Å². The highest BCUT2D eigenvalue weighted by atomic mass is 35.5. The summed E-state index contributed by atoms with van der Waals surface area (Å²) in [6.07, 6.45) is 0. The first kappa shape index (κ1) is 8.78. The molecule has 68 valence electrons. The molecule has 0 unspecified atom stereocenters. The number of aryl methyl sites for hydroxylation is 1. The number of thiophene rings is 1. The van der Waals surface area contributed by atoms with E-state index in [2.05, 4.69) is 5.10 Å². The van der Waals surface area contributed by atoms with E-state index in [-0.39, 0.29) is 0 Å². The Balaban J connectivity index is 2.59. The monoisotopic (exact) mass is 212 g/mol. The first-order chi connectivity index (χ1) is 6.20. The van der Waals surface area contributed by atoms with Gasteiger partial charge in [0.15, 0.2) is 0 Å². The molecule has 0 saturated heterocycles. The summed E-state index contributed by atoms with van der Waals surface area (Å²) in [5, 5.41) is 7.13. The summed E-state index contributed by atoms with van der Waals surface area (Å²) in [5.41, 5.74) is 1.89. The van der Waals surface area contributed by atoms with Crippen LogP contribution in [0.1, 0.15) is 5.69 Å². The number of rotatable bonds is 1. The molecule has 0 amide bonds. The molecule has 4 heteroatoms. The molecule has 13 heavy (non-hydrogen) atoms. The lowest BCUT2D eigenvalue weighted by Crippen LogP contribution is -1.91. The summed E-state index contributed by atoms with van der Waals surface area (Å²) in [6.45, 7) is 1.96. The minimum atomic E-state index is 0.755. The van der Waals surface area contributed by atoms with Crippen LogP contribution in [0.4, 0.5) is 0 Å². The van der Waals surface area contributed by atoms with Crippen LogP contribution in [0.2, 0.25) is 5.02 Å². The van der Waals surface area contributed by atoms with Crippen LogP contribution in [0.3, 0.4) is 0 Å². The van der Waals surface area contributed by atoms with Gasteiger partial charge in [0.1, 0.15) is 5.69 Å². The normalized spacial score (nSPS) is 10.7. The average Bonchev–Trinajstić information content (AvgIpc) is 2.70. The fourth-order valence-electron chi connectivity index (χ4n) is 1.15. The maximum absolute atomic E-state index is 6.13. The van der Waals surface area contributed by atoms with Crippen molar-refractivity contribution in [1.82, 2.24) is 9.78 Å². The van der Waals surface area contributed by atoms with Gasteiger partial charge in [0, 0.05) is 7.05 Å². The van der Waals surface area contributed by atoms with Gasteiger partial charge in [-0.25, -0.2) is 0 Å². The lowest BCUT2D eigenvalue weighted by molar-refractivity contribution is 0.743. The molecule has 0 aliphatic carbocycles. The van der Waals surface area contributed by atoms with E-state index in [0.717, 1.165) is 21.3 Å². The Bertz CT molecular complexity index is 417. The maximum atomic E-state index is 6.13. The second-order valence-corrected chi connectivity index (χ2v) is 4.17. The molecule has 0 atom stereocenters. The lowest BCUT2D eigenvalue weighted by atomic mass is 10.3. The van der Waals surface area contributed by atoms with Gasteiger partial charge in [-0.3, -0.25) is 4.68 Å². The Morgan fingerprint density at radius 2 is 2.31 bits per heavy atom. The number of nitrogens with zero attached hydrogens (tertiary/aromatic N) is 2. The molecule has 0 aromatic carbocycles. The van der Waals surface area contributed by atoms with Crippen LogP contribution >= 0.6 is 22.9 Å². The fourth-order valence-corrected chi connectivity index (χ4v) is 2.19. The Morgan fingerprint density at radius 1 is 1.54 bits per heavy atom. The van der Waals surface area contributed by atoms with Crippen LogP contribution < -0.4 is 0 Å². The first-order valence-corrected chi connectivity index (χ1v) is 5.19. The molecular formula is C9H9ClN2S. The predicted molar refractivity (Wildman–Crippen MR) is 56.3 cm³/mol. The van der Waals surface area contributed by atoms with Gasteiger partial charge in [-0.05, 0) is 18.4 Å². The van der Waals surface area contributed by atoms with E-state index in [1.807, 2.05) is 31.5 Å². The standard InChI is InChI=1S/C9H9ClN2S/c1-6-8(10)9(11-12(6)2)7-4-3-5-13-7/h3-5H,1-2H3. The van der Waals surface area contributed by atoms with Crippen molar-refractivity contribution in [2.24, 2.45) is 7.05 Å². The van der Waals surface area contributed by atoms with Crippen LogP contribution in [0.25, 0.3) is 10.6 Å². The average molecular weight is 213 g/mol. The topological polar surface area (TPSA) is 17.8 Å². The molecule has 2 nitrogen and oxygen atoms in total. The van der Waals surface area contributed by atoms with Crippen molar-refractivity contribution in [2.45, 2.75) is 6.92 Å². The molecule has 0 aliphatic heterocycles. The van der Waals surface area contributed by atoms with Gasteiger partial charge in [0.2, 0.25) is 0 Å². The third-order valence-electron chi connectivity index (χ3n) is 2.02. The summed E-state index contributed by atoms with van der Waals surface area (Å²) >= 11 is 7.78. The minimum absolute atomic E-state index is 0.755. The number of aromatic nitrogens is 2. The van der Waals surface area contributed by atoms with E-state index < -0.39 is 0 Å². The third-order valence-corrected chi connectivity index (χ3v) is 3.34. The quantitative estimate of drug-likeness (QED) is 0.710. The maximum Gasteiger partial charge on any atom is 0.121 e. The van der Waals surface area contributed by atoms with E-state index in [9.17, 15) is 0 Å². The van der Waals surface area contributed by atoms with E-state index in [1.165, 1.54) is 0 Å². The molecule has 2 rings (SSSR count). The number of halogens is 1. The number of hydrogen-bond acceptors (Lipinski definition) is 2. The van der Waals surface area contributed by atoms with Gasteiger partial charge >= 0.3 is 0 Å². The molecule has 0 saturated carbocycles. The van der Waals surface area contributed by atoms with E-state index in [4.69, 9.17) is 11.6 Å². The molecular weight excluding hydrogens is 204 g/mol. The van der Waals surface area contributed by atoms with E-state index in [1.54, 1.807) is 16.0 Å². The lowest BCUT2D eigenvalue weighted by Gasteiger charge is -1.89. The first-order valence-electron chi connectivity index (χ1n) is 3.93. The number of hydrogen-bond donors (Lipinski definition) is 0. The van der Waals surface area contributed by atoms with Crippen molar-refractivity contribution >= 4 is 22.9 Å². The van der Waals surface area contributed by atoms with Gasteiger partial charge < -0.3 is 0 Å². The van der Waals surface area contributed by atoms with Gasteiger partial charge in [-0.2, -0.15) is 5.10 Å². The molecule has 2 aromatic heterocycles. The van der Waals surface area contributed by atoms with Crippen molar-refractivity contribution < 1.29 is 0 Å². The second-order valence-electron chi connectivity index (χ2n) is 2.85. The van der Waals surface area contributed by atoms with E-state index in [0.29, 0.717) is 0 Å². The largest absolute Gasteiger partial charge is 0.271 e. The minimum Gasteiger partial charge on any atom is -0.271 e. The van der Waals surface area contributed by atoms with Gasteiger partial charge in [0.05, 0.1) is 15.6 Å². The van der Waals surface area contributed by atoms with Gasteiger partial charge in [0.25, 0.3) is 0 Å². The highest BCUT2D eigenvalue weighted by Gasteiger charge is 2.12.